The first-order chi connectivity index (χ1) is 17.9. The number of pyridine rings is 1. The SMILES string of the molecule is CCN1CCN(Cc2cc3c4c(cnc3[nH]2)CN(c2c(F)c(OC)cc(OC)c2F)C(=S)N4CC)CC1. The van der Waals surface area contributed by atoms with Crippen LogP contribution in [0, 0.1) is 11.6 Å². The molecule has 2 aliphatic heterocycles. The minimum Gasteiger partial charge on any atom is -0.493 e. The first-order valence-corrected chi connectivity index (χ1v) is 12.9. The molecule has 1 aromatic carbocycles. The lowest BCUT2D eigenvalue weighted by molar-refractivity contribution is 0.131. The Bertz CT molecular complexity index is 1300. The fourth-order valence-corrected chi connectivity index (χ4v) is 5.61. The van der Waals surface area contributed by atoms with Gasteiger partial charge in [-0.3, -0.25) is 4.90 Å². The molecule has 2 aliphatic rings. The third-order valence-electron chi connectivity index (χ3n) is 7.26. The quantitative estimate of drug-likeness (QED) is 0.458. The van der Waals surface area contributed by atoms with E-state index >= 15 is 8.78 Å². The van der Waals surface area contributed by atoms with Gasteiger partial charge in [0, 0.05) is 68.2 Å². The third-order valence-corrected chi connectivity index (χ3v) is 7.71. The molecule has 0 saturated carbocycles. The van der Waals surface area contributed by atoms with Crippen molar-refractivity contribution >= 4 is 39.7 Å². The van der Waals surface area contributed by atoms with Crippen molar-refractivity contribution < 1.29 is 18.3 Å². The highest BCUT2D eigenvalue weighted by atomic mass is 32.1. The van der Waals surface area contributed by atoms with Gasteiger partial charge in [0.15, 0.2) is 28.2 Å². The standard InChI is InChI=1S/C26H32F2N6O2S/c1-5-31-7-9-32(10-8-31)15-17-11-18-23-16(13-29-25(18)30-17)14-34(26(37)33(23)6-2)24-21(27)19(35-3)12-20(36-4)22(24)28/h11-13H,5-10,14-15H2,1-4H3,(H,29,30). The van der Waals surface area contributed by atoms with Crippen molar-refractivity contribution in [2.24, 2.45) is 0 Å². The summed E-state index contributed by atoms with van der Waals surface area (Å²) in [5.74, 6) is -1.89. The second-order valence-corrected chi connectivity index (χ2v) is 9.64. The second kappa shape index (κ2) is 10.4. The van der Waals surface area contributed by atoms with Crippen LogP contribution in [0.3, 0.4) is 0 Å². The highest BCUT2D eigenvalue weighted by Crippen LogP contribution is 2.42. The summed E-state index contributed by atoms with van der Waals surface area (Å²) in [7, 11) is 2.66. The number of aromatic amines is 1. The van der Waals surface area contributed by atoms with Crippen molar-refractivity contribution in [1.29, 1.82) is 0 Å². The second-order valence-electron chi connectivity index (χ2n) is 9.27. The van der Waals surface area contributed by atoms with E-state index in [-0.39, 0.29) is 23.7 Å². The normalized spacial score (nSPS) is 17.0. The number of benzene rings is 1. The molecule has 0 aliphatic carbocycles. The smallest absolute Gasteiger partial charge is 0.192 e. The van der Waals surface area contributed by atoms with Gasteiger partial charge in [-0.25, -0.2) is 13.8 Å². The van der Waals surface area contributed by atoms with Crippen LogP contribution in [0.25, 0.3) is 11.0 Å². The Morgan fingerprint density at radius 2 is 1.59 bits per heavy atom. The first kappa shape index (κ1) is 25.6. The van der Waals surface area contributed by atoms with Crippen LogP contribution in [-0.4, -0.2) is 78.4 Å². The molecule has 3 aromatic rings. The molecular weight excluding hydrogens is 498 g/mol. The zero-order valence-electron chi connectivity index (χ0n) is 21.6. The molecule has 1 fully saturated rings. The molecule has 5 rings (SSSR count). The zero-order chi connectivity index (χ0) is 26.3. The molecule has 198 valence electrons. The van der Waals surface area contributed by atoms with Crippen LogP contribution in [0.4, 0.5) is 20.2 Å². The van der Waals surface area contributed by atoms with E-state index in [1.54, 1.807) is 6.20 Å². The molecule has 37 heavy (non-hydrogen) atoms. The minimum atomic E-state index is -0.830. The lowest BCUT2D eigenvalue weighted by atomic mass is 10.1. The fourth-order valence-electron chi connectivity index (χ4n) is 5.24. The summed E-state index contributed by atoms with van der Waals surface area (Å²) in [6.07, 6.45) is 1.75. The summed E-state index contributed by atoms with van der Waals surface area (Å²) in [6.45, 7) is 10.9. The average Bonchev–Trinajstić information content (AvgIpc) is 3.32. The molecule has 0 amide bonds. The van der Waals surface area contributed by atoms with E-state index in [0.717, 1.165) is 67.2 Å². The predicted octanol–water partition coefficient (Wildman–Crippen LogP) is 4.13. The highest BCUT2D eigenvalue weighted by molar-refractivity contribution is 7.80. The zero-order valence-corrected chi connectivity index (χ0v) is 22.4. The Hall–Kier alpha value is -3.02. The first-order valence-electron chi connectivity index (χ1n) is 12.5. The Morgan fingerprint density at radius 3 is 2.19 bits per heavy atom. The minimum absolute atomic E-state index is 0.117. The van der Waals surface area contributed by atoms with Crippen LogP contribution in [0.2, 0.25) is 0 Å². The van der Waals surface area contributed by atoms with E-state index in [2.05, 4.69) is 32.8 Å². The molecule has 11 heteroatoms. The van der Waals surface area contributed by atoms with Gasteiger partial charge >= 0.3 is 0 Å². The van der Waals surface area contributed by atoms with Crippen LogP contribution >= 0.6 is 12.2 Å². The fraction of sp³-hybridized carbons (Fsp3) is 0.462. The van der Waals surface area contributed by atoms with E-state index in [0.29, 0.717) is 11.7 Å². The maximum absolute atomic E-state index is 15.4. The van der Waals surface area contributed by atoms with Gasteiger partial charge in [-0.05, 0) is 31.8 Å². The molecular formula is C26H32F2N6O2S. The topological polar surface area (TPSA) is 60.1 Å². The molecule has 0 spiro atoms. The Balaban J connectivity index is 1.51. The van der Waals surface area contributed by atoms with Crippen LogP contribution in [0.15, 0.2) is 18.3 Å². The van der Waals surface area contributed by atoms with E-state index in [1.807, 2.05) is 11.8 Å². The number of ether oxygens (including phenoxy) is 2. The summed E-state index contributed by atoms with van der Waals surface area (Å²) in [4.78, 5) is 16.4. The molecule has 8 nitrogen and oxygen atoms in total. The largest absolute Gasteiger partial charge is 0.493 e. The maximum Gasteiger partial charge on any atom is 0.192 e. The van der Waals surface area contributed by atoms with E-state index < -0.39 is 11.6 Å². The lowest BCUT2D eigenvalue weighted by Gasteiger charge is -2.39. The average molecular weight is 531 g/mol. The van der Waals surface area contributed by atoms with Crippen LogP contribution in [-0.2, 0) is 13.1 Å². The lowest BCUT2D eigenvalue weighted by Crippen LogP contribution is -2.48. The molecule has 2 aromatic heterocycles. The van der Waals surface area contributed by atoms with Crippen molar-refractivity contribution in [1.82, 2.24) is 19.8 Å². The van der Waals surface area contributed by atoms with Crippen LogP contribution in [0.1, 0.15) is 25.1 Å². The number of methoxy groups -OCH3 is 2. The number of nitrogens with one attached hydrogen (secondary N) is 1. The van der Waals surface area contributed by atoms with E-state index in [1.165, 1.54) is 25.2 Å². The van der Waals surface area contributed by atoms with E-state index in [9.17, 15) is 0 Å². The Labute approximate surface area is 220 Å². The van der Waals surface area contributed by atoms with Gasteiger partial charge in [0.05, 0.1) is 26.5 Å². The van der Waals surface area contributed by atoms with Gasteiger partial charge in [-0.1, -0.05) is 6.92 Å². The number of thiocarbonyl (C=S) groups is 1. The molecule has 1 saturated heterocycles. The monoisotopic (exact) mass is 530 g/mol. The Kier molecular flexibility index (Phi) is 7.19. The van der Waals surface area contributed by atoms with Gasteiger partial charge in [0.1, 0.15) is 11.3 Å². The number of anilines is 2. The highest BCUT2D eigenvalue weighted by Gasteiger charge is 2.35. The number of piperazine rings is 1. The summed E-state index contributed by atoms with van der Waals surface area (Å²) in [5.41, 5.74) is 3.30. The van der Waals surface area contributed by atoms with Crippen LogP contribution < -0.4 is 19.3 Å². The third kappa shape index (κ3) is 4.49. The van der Waals surface area contributed by atoms with Crippen molar-refractivity contribution in [3.8, 4) is 11.5 Å². The number of hydrogen-bond acceptors (Lipinski definition) is 6. The summed E-state index contributed by atoms with van der Waals surface area (Å²) >= 11 is 5.80. The number of fused-ring (bicyclic) bond motifs is 3. The number of likely N-dealkylation sites (N-methyl/N-ethyl adjacent to an activating group) is 1. The predicted molar refractivity (Wildman–Crippen MR) is 145 cm³/mol. The number of hydrogen-bond donors (Lipinski definition) is 1. The van der Waals surface area contributed by atoms with Crippen molar-refractivity contribution in [3.63, 3.8) is 0 Å². The Morgan fingerprint density at radius 1 is 0.946 bits per heavy atom. The molecule has 0 atom stereocenters. The van der Waals surface area contributed by atoms with Crippen molar-refractivity contribution in [3.05, 3.63) is 41.2 Å². The number of rotatable bonds is 7. The molecule has 4 heterocycles. The number of nitrogens with zero attached hydrogens (tertiary/aromatic N) is 5. The summed E-state index contributed by atoms with van der Waals surface area (Å²) < 4.78 is 41.0. The number of halogens is 2. The summed E-state index contributed by atoms with van der Waals surface area (Å²) in [5, 5.41) is 1.25. The van der Waals surface area contributed by atoms with Crippen LogP contribution in [0.5, 0.6) is 11.5 Å². The van der Waals surface area contributed by atoms with Gasteiger partial charge < -0.3 is 29.2 Å². The van der Waals surface area contributed by atoms with Gasteiger partial charge in [-0.15, -0.1) is 0 Å². The van der Waals surface area contributed by atoms with Gasteiger partial charge in [0.25, 0.3) is 0 Å². The molecule has 1 N–H and O–H groups in total. The summed E-state index contributed by atoms with van der Waals surface area (Å²) in [6, 6.07) is 3.32. The van der Waals surface area contributed by atoms with E-state index in [4.69, 9.17) is 21.7 Å². The van der Waals surface area contributed by atoms with Crippen molar-refractivity contribution in [2.45, 2.75) is 26.9 Å². The van der Waals surface area contributed by atoms with Gasteiger partial charge in [0.2, 0.25) is 0 Å². The van der Waals surface area contributed by atoms with Crippen molar-refractivity contribution in [2.75, 3.05) is 63.3 Å². The number of aromatic nitrogens is 2. The number of H-pyrrole nitrogens is 1. The molecule has 0 unspecified atom stereocenters. The molecule has 0 radical (unpaired) electrons. The molecule has 0 bridgehead atoms. The maximum atomic E-state index is 15.4. The van der Waals surface area contributed by atoms with Gasteiger partial charge in [-0.2, -0.15) is 0 Å².